The SMILES string of the molecule is O=C(Nc1ccc(Br)cc1)c1nc2ccccc2nc1N1CCOCC1. The lowest BCUT2D eigenvalue weighted by Gasteiger charge is -2.29. The average Bonchev–Trinajstić information content (AvgIpc) is 2.69. The van der Waals surface area contributed by atoms with E-state index in [1.165, 1.54) is 0 Å². The molecule has 6 nitrogen and oxygen atoms in total. The van der Waals surface area contributed by atoms with Crippen molar-refractivity contribution in [2.75, 3.05) is 36.5 Å². The van der Waals surface area contributed by atoms with Gasteiger partial charge in [0.05, 0.1) is 24.2 Å². The first-order chi connectivity index (χ1) is 12.7. The predicted octanol–water partition coefficient (Wildman–Crippen LogP) is 3.48. The number of fused-ring (bicyclic) bond motifs is 1. The molecule has 1 amide bonds. The number of anilines is 2. The first kappa shape index (κ1) is 16.9. The summed E-state index contributed by atoms with van der Waals surface area (Å²) in [6.45, 7) is 2.60. The number of aromatic nitrogens is 2. The van der Waals surface area contributed by atoms with Gasteiger partial charge in [-0.15, -0.1) is 0 Å². The van der Waals surface area contributed by atoms with Gasteiger partial charge in [-0.1, -0.05) is 28.1 Å². The van der Waals surface area contributed by atoms with Crippen LogP contribution >= 0.6 is 15.9 Å². The van der Waals surface area contributed by atoms with Crippen LogP contribution in [0.5, 0.6) is 0 Å². The zero-order valence-electron chi connectivity index (χ0n) is 14.0. The molecule has 1 aliphatic heterocycles. The van der Waals surface area contributed by atoms with Crippen molar-refractivity contribution >= 4 is 44.4 Å². The minimum atomic E-state index is -0.271. The molecule has 0 unspecified atom stereocenters. The highest BCUT2D eigenvalue weighted by atomic mass is 79.9. The lowest BCUT2D eigenvalue weighted by atomic mass is 10.2. The lowest BCUT2D eigenvalue weighted by Crippen LogP contribution is -2.38. The minimum Gasteiger partial charge on any atom is -0.378 e. The minimum absolute atomic E-state index is 0.271. The van der Waals surface area contributed by atoms with Gasteiger partial charge in [0, 0.05) is 23.2 Å². The maximum absolute atomic E-state index is 12.9. The molecule has 2 heterocycles. The van der Waals surface area contributed by atoms with Crippen LogP contribution in [0.1, 0.15) is 10.5 Å². The summed E-state index contributed by atoms with van der Waals surface area (Å²) in [7, 11) is 0. The molecule has 0 saturated carbocycles. The van der Waals surface area contributed by atoms with E-state index in [0.29, 0.717) is 49.0 Å². The molecule has 1 fully saturated rings. The standard InChI is InChI=1S/C19H17BrN4O2/c20-13-5-7-14(8-6-13)21-19(25)17-18(24-9-11-26-12-10-24)23-16-4-2-1-3-15(16)22-17/h1-8H,9-12H2,(H,21,25). The van der Waals surface area contributed by atoms with Crippen LogP contribution in [-0.2, 0) is 4.74 Å². The van der Waals surface area contributed by atoms with Gasteiger partial charge in [-0.25, -0.2) is 9.97 Å². The Morgan fingerprint density at radius 2 is 1.65 bits per heavy atom. The maximum Gasteiger partial charge on any atom is 0.278 e. The Bertz CT molecular complexity index is 940. The third-order valence-electron chi connectivity index (χ3n) is 4.18. The van der Waals surface area contributed by atoms with Crippen molar-refractivity contribution in [3.8, 4) is 0 Å². The number of hydrogen-bond acceptors (Lipinski definition) is 5. The fourth-order valence-electron chi connectivity index (χ4n) is 2.86. The van der Waals surface area contributed by atoms with Crippen LogP contribution in [0.4, 0.5) is 11.5 Å². The van der Waals surface area contributed by atoms with E-state index < -0.39 is 0 Å². The van der Waals surface area contributed by atoms with Crippen LogP contribution in [0.15, 0.2) is 53.0 Å². The van der Waals surface area contributed by atoms with E-state index >= 15 is 0 Å². The number of carbonyl (C=O) groups is 1. The number of nitrogens with zero attached hydrogens (tertiary/aromatic N) is 3. The van der Waals surface area contributed by atoms with E-state index in [1.54, 1.807) is 0 Å². The maximum atomic E-state index is 12.9. The molecule has 0 atom stereocenters. The van der Waals surface area contributed by atoms with Crippen LogP contribution in [0, 0.1) is 0 Å². The summed E-state index contributed by atoms with van der Waals surface area (Å²) in [4.78, 5) is 24.3. The number of para-hydroxylation sites is 2. The highest BCUT2D eigenvalue weighted by molar-refractivity contribution is 9.10. The molecule has 26 heavy (non-hydrogen) atoms. The van der Waals surface area contributed by atoms with Gasteiger partial charge in [0.15, 0.2) is 11.5 Å². The van der Waals surface area contributed by atoms with Crippen molar-refractivity contribution in [2.45, 2.75) is 0 Å². The topological polar surface area (TPSA) is 67.4 Å². The largest absolute Gasteiger partial charge is 0.378 e. The molecule has 1 N–H and O–H groups in total. The van der Waals surface area contributed by atoms with Gasteiger partial charge in [-0.2, -0.15) is 0 Å². The molecular formula is C19H17BrN4O2. The summed E-state index contributed by atoms with van der Waals surface area (Å²) in [6.07, 6.45) is 0. The van der Waals surface area contributed by atoms with E-state index in [0.717, 1.165) is 9.99 Å². The number of hydrogen-bond donors (Lipinski definition) is 1. The fraction of sp³-hybridized carbons (Fsp3) is 0.211. The number of ether oxygens (including phenoxy) is 1. The van der Waals surface area contributed by atoms with E-state index in [1.807, 2.05) is 48.5 Å². The van der Waals surface area contributed by atoms with Gasteiger partial charge < -0.3 is 15.0 Å². The number of amides is 1. The quantitative estimate of drug-likeness (QED) is 0.712. The van der Waals surface area contributed by atoms with Crippen molar-refractivity contribution in [2.24, 2.45) is 0 Å². The lowest BCUT2D eigenvalue weighted by molar-refractivity contribution is 0.102. The highest BCUT2D eigenvalue weighted by Gasteiger charge is 2.23. The van der Waals surface area contributed by atoms with E-state index in [2.05, 4.69) is 31.1 Å². The normalized spacial score (nSPS) is 14.4. The number of nitrogens with one attached hydrogen (secondary N) is 1. The first-order valence-electron chi connectivity index (χ1n) is 8.37. The van der Waals surface area contributed by atoms with Gasteiger partial charge in [-0.05, 0) is 36.4 Å². The summed E-state index contributed by atoms with van der Waals surface area (Å²) in [5.74, 6) is 0.327. The molecule has 132 valence electrons. The van der Waals surface area contributed by atoms with Gasteiger partial charge in [0.25, 0.3) is 5.91 Å². The Balaban J connectivity index is 1.73. The molecule has 3 aromatic rings. The molecule has 1 aliphatic rings. The predicted molar refractivity (Wildman–Crippen MR) is 105 cm³/mol. The molecule has 4 rings (SSSR count). The zero-order valence-corrected chi connectivity index (χ0v) is 15.6. The zero-order chi connectivity index (χ0) is 17.9. The van der Waals surface area contributed by atoms with Crippen LogP contribution in [0.3, 0.4) is 0 Å². The molecule has 0 spiro atoms. The van der Waals surface area contributed by atoms with Crippen molar-refractivity contribution in [1.29, 1.82) is 0 Å². The second-order valence-electron chi connectivity index (χ2n) is 5.94. The van der Waals surface area contributed by atoms with Crippen LogP contribution in [-0.4, -0.2) is 42.2 Å². The Hall–Kier alpha value is -2.51. The van der Waals surface area contributed by atoms with Gasteiger partial charge in [0.2, 0.25) is 0 Å². The molecule has 0 radical (unpaired) electrons. The molecule has 1 aromatic heterocycles. The van der Waals surface area contributed by atoms with Crippen molar-refractivity contribution in [1.82, 2.24) is 9.97 Å². The molecule has 0 bridgehead atoms. The number of benzene rings is 2. The van der Waals surface area contributed by atoms with Crippen molar-refractivity contribution in [3.05, 3.63) is 58.7 Å². The summed E-state index contributed by atoms with van der Waals surface area (Å²) in [5.41, 5.74) is 2.51. The molecule has 0 aliphatic carbocycles. The van der Waals surface area contributed by atoms with E-state index in [-0.39, 0.29) is 5.91 Å². The summed E-state index contributed by atoms with van der Waals surface area (Å²) < 4.78 is 6.37. The van der Waals surface area contributed by atoms with E-state index in [4.69, 9.17) is 9.72 Å². The fourth-order valence-corrected chi connectivity index (χ4v) is 3.13. The third-order valence-corrected chi connectivity index (χ3v) is 4.71. The molecule has 7 heteroatoms. The van der Waals surface area contributed by atoms with Gasteiger partial charge in [-0.3, -0.25) is 4.79 Å². The Morgan fingerprint density at radius 1 is 1.00 bits per heavy atom. The number of halogens is 1. The Labute approximate surface area is 159 Å². The second-order valence-corrected chi connectivity index (χ2v) is 6.86. The smallest absolute Gasteiger partial charge is 0.278 e. The third kappa shape index (κ3) is 3.54. The van der Waals surface area contributed by atoms with Crippen LogP contribution in [0.25, 0.3) is 11.0 Å². The number of morpholine rings is 1. The Kier molecular flexibility index (Phi) is 4.81. The van der Waals surface area contributed by atoms with Crippen molar-refractivity contribution in [3.63, 3.8) is 0 Å². The summed E-state index contributed by atoms with van der Waals surface area (Å²) in [6, 6.07) is 15.0. The highest BCUT2D eigenvalue weighted by Crippen LogP contribution is 2.23. The first-order valence-corrected chi connectivity index (χ1v) is 9.16. The second kappa shape index (κ2) is 7.39. The summed E-state index contributed by atoms with van der Waals surface area (Å²) in [5, 5.41) is 2.91. The van der Waals surface area contributed by atoms with Gasteiger partial charge in [0.1, 0.15) is 0 Å². The number of carbonyl (C=O) groups excluding carboxylic acids is 1. The van der Waals surface area contributed by atoms with Crippen LogP contribution < -0.4 is 10.2 Å². The Morgan fingerprint density at radius 3 is 2.35 bits per heavy atom. The monoisotopic (exact) mass is 412 g/mol. The molecule has 1 saturated heterocycles. The van der Waals surface area contributed by atoms with E-state index in [9.17, 15) is 4.79 Å². The van der Waals surface area contributed by atoms with Crippen LogP contribution in [0.2, 0.25) is 0 Å². The average molecular weight is 413 g/mol. The number of rotatable bonds is 3. The van der Waals surface area contributed by atoms with Gasteiger partial charge >= 0.3 is 0 Å². The summed E-state index contributed by atoms with van der Waals surface area (Å²) >= 11 is 3.39. The molecule has 2 aromatic carbocycles. The van der Waals surface area contributed by atoms with Crippen molar-refractivity contribution < 1.29 is 9.53 Å². The molecular weight excluding hydrogens is 396 g/mol.